The lowest BCUT2D eigenvalue weighted by atomic mass is 10.9. The highest BCUT2D eigenvalue weighted by Gasteiger charge is 2.34. The molecule has 0 unspecified atom stereocenters. The van der Waals surface area contributed by atoms with Gasteiger partial charge in [0.1, 0.15) is 0 Å². The largest absolute Gasteiger partial charge is 0.480 e. The molecule has 0 spiro atoms. The van der Waals surface area contributed by atoms with E-state index in [0.717, 1.165) is 0 Å². The van der Waals surface area contributed by atoms with Crippen LogP contribution >= 0.6 is 15.2 Å². The summed E-state index contributed by atoms with van der Waals surface area (Å²) in [6, 6.07) is 0. The zero-order valence-electron chi connectivity index (χ0n) is 9.76. The van der Waals surface area contributed by atoms with E-state index in [9.17, 15) is 9.13 Å². The quantitative estimate of drug-likeness (QED) is 0.623. The SMILES string of the molecule is CCOP(=O)(OCC)OP(=O)(CC)CC. The first-order chi connectivity index (χ1) is 6.95. The van der Waals surface area contributed by atoms with Gasteiger partial charge in [-0.3, -0.25) is 13.6 Å². The van der Waals surface area contributed by atoms with Crippen molar-refractivity contribution < 1.29 is 22.5 Å². The molecule has 0 rings (SSSR count). The fourth-order valence-corrected chi connectivity index (χ4v) is 4.84. The molecule has 0 aromatic rings. The Morgan fingerprint density at radius 2 is 1.27 bits per heavy atom. The first-order valence-corrected chi connectivity index (χ1v) is 8.59. The summed E-state index contributed by atoms with van der Waals surface area (Å²) in [6.45, 7) is 7.21. The third-order valence-corrected chi connectivity index (χ3v) is 6.85. The predicted molar refractivity (Wildman–Crippen MR) is 60.6 cm³/mol. The van der Waals surface area contributed by atoms with Crippen molar-refractivity contribution in [1.82, 2.24) is 0 Å². The molecular formula is C8H20O5P2. The first-order valence-electron chi connectivity index (χ1n) is 5.13. The van der Waals surface area contributed by atoms with E-state index in [1.54, 1.807) is 27.7 Å². The number of hydrogen-bond acceptors (Lipinski definition) is 5. The standard InChI is InChI=1S/C8H20O5P2/c1-5-11-15(10,12-6-2)13-14(9,7-3)8-4/h5-8H2,1-4H3. The molecule has 0 fully saturated rings. The van der Waals surface area contributed by atoms with Crippen LogP contribution < -0.4 is 0 Å². The van der Waals surface area contributed by atoms with Gasteiger partial charge in [0.2, 0.25) is 7.37 Å². The summed E-state index contributed by atoms with van der Waals surface area (Å²) in [6.07, 6.45) is 0.654. The minimum Gasteiger partial charge on any atom is -0.292 e. The van der Waals surface area contributed by atoms with Crippen molar-refractivity contribution >= 4 is 15.2 Å². The summed E-state index contributed by atoms with van der Waals surface area (Å²) in [7, 11) is -6.51. The Morgan fingerprint density at radius 1 is 0.867 bits per heavy atom. The molecule has 0 saturated carbocycles. The number of phosphoric ester groups is 1. The highest BCUT2D eigenvalue weighted by Crippen LogP contribution is 2.64. The van der Waals surface area contributed by atoms with Crippen molar-refractivity contribution in [3.05, 3.63) is 0 Å². The maximum atomic E-state index is 12.0. The van der Waals surface area contributed by atoms with Crippen LogP contribution in [0.4, 0.5) is 0 Å². The van der Waals surface area contributed by atoms with E-state index in [1.165, 1.54) is 0 Å². The monoisotopic (exact) mass is 258 g/mol. The molecule has 0 aromatic carbocycles. The minimum absolute atomic E-state index is 0.199. The number of hydrogen-bond donors (Lipinski definition) is 0. The molecule has 0 atom stereocenters. The molecular weight excluding hydrogens is 238 g/mol. The third kappa shape index (κ3) is 5.28. The summed E-state index contributed by atoms with van der Waals surface area (Å²) in [5.41, 5.74) is 0. The molecule has 92 valence electrons. The molecule has 0 heterocycles. The van der Waals surface area contributed by atoms with Gasteiger partial charge in [0.15, 0.2) is 0 Å². The van der Waals surface area contributed by atoms with Gasteiger partial charge in [-0.05, 0) is 13.8 Å². The maximum Gasteiger partial charge on any atom is 0.480 e. The second-order valence-corrected chi connectivity index (χ2v) is 7.77. The van der Waals surface area contributed by atoms with Crippen LogP contribution in [0.3, 0.4) is 0 Å². The Balaban J connectivity index is 4.66. The van der Waals surface area contributed by atoms with E-state index in [2.05, 4.69) is 0 Å². The van der Waals surface area contributed by atoms with E-state index in [1.807, 2.05) is 0 Å². The van der Waals surface area contributed by atoms with Gasteiger partial charge in [-0.25, -0.2) is 8.88 Å². The van der Waals surface area contributed by atoms with Crippen molar-refractivity contribution in [2.24, 2.45) is 0 Å². The average Bonchev–Trinajstić information content (AvgIpc) is 2.18. The Morgan fingerprint density at radius 3 is 1.53 bits per heavy atom. The van der Waals surface area contributed by atoms with Crippen LogP contribution in [0.2, 0.25) is 0 Å². The van der Waals surface area contributed by atoms with Crippen LogP contribution in [0.1, 0.15) is 27.7 Å². The Hall–Kier alpha value is 0.340. The van der Waals surface area contributed by atoms with E-state index >= 15 is 0 Å². The highest BCUT2D eigenvalue weighted by atomic mass is 31.3. The van der Waals surface area contributed by atoms with Crippen LogP contribution in [0.5, 0.6) is 0 Å². The maximum absolute atomic E-state index is 12.0. The van der Waals surface area contributed by atoms with Crippen molar-refractivity contribution in [2.75, 3.05) is 25.5 Å². The lowest BCUT2D eigenvalue weighted by molar-refractivity contribution is 0.168. The van der Waals surface area contributed by atoms with Gasteiger partial charge in [0.05, 0.1) is 13.2 Å². The molecule has 7 heteroatoms. The van der Waals surface area contributed by atoms with Gasteiger partial charge < -0.3 is 0 Å². The zero-order chi connectivity index (χ0) is 11.9. The van der Waals surface area contributed by atoms with Crippen LogP contribution in [-0.2, 0) is 22.5 Å². The topological polar surface area (TPSA) is 61.8 Å². The fraction of sp³-hybridized carbons (Fsp3) is 1.00. The lowest BCUT2D eigenvalue weighted by Crippen LogP contribution is -2.01. The van der Waals surface area contributed by atoms with Gasteiger partial charge in [0, 0.05) is 12.3 Å². The average molecular weight is 258 g/mol. The smallest absolute Gasteiger partial charge is 0.292 e. The molecule has 0 aromatic heterocycles. The molecule has 0 bridgehead atoms. The van der Waals surface area contributed by atoms with Crippen LogP contribution in [0.15, 0.2) is 0 Å². The van der Waals surface area contributed by atoms with Crippen molar-refractivity contribution in [3.63, 3.8) is 0 Å². The van der Waals surface area contributed by atoms with Crippen molar-refractivity contribution in [1.29, 1.82) is 0 Å². The summed E-state index contributed by atoms with van der Waals surface area (Å²) < 4.78 is 38.8. The minimum atomic E-state index is -3.64. The Kier molecular flexibility index (Phi) is 6.98. The molecule has 0 aliphatic carbocycles. The van der Waals surface area contributed by atoms with Gasteiger partial charge in [-0.1, -0.05) is 13.8 Å². The third-order valence-electron chi connectivity index (χ3n) is 1.79. The second-order valence-electron chi connectivity index (χ2n) is 2.81. The summed E-state index contributed by atoms with van der Waals surface area (Å²) >= 11 is 0. The number of phosphoric acid groups is 1. The van der Waals surface area contributed by atoms with Crippen molar-refractivity contribution in [2.45, 2.75) is 27.7 Å². The molecule has 5 nitrogen and oxygen atoms in total. The summed E-state index contributed by atoms with van der Waals surface area (Å²) in [5, 5.41) is 0. The Labute approximate surface area is 91.6 Å². The second kappa shape index (κ2) is 6.82. The van der Waals surface area contributed by atoms with E-state index in [0.29, 0.717) is 12.3 Å². The number of rotatable bonds is 8. The highest BCUT2D eigenvalue weighted by molar-refractivity contribution is 7.68. The van der Waals surface area contributed by atoms with Crippen LogP contribution in [0, 0.1) is 0 Å². The zero-order valence-corrected chi connectivity index (χ0v) is 11.6. The van der Waals surface area contributed by atoms with E-state index in [-0.39, 0.29) is 13.2 Å². The Bertz CT molecular complexity index is 248. The molecule has 0 aliphatic heterocycles. The normalized spacial score (nSPS) is 13.1. The molecule has 0 amide bonds. The lowest BCUT2D eigenvalue weighted by Gasteiger charge is -2.21. The van der Waals surface area contributed by atoms with Gasteiger partial charge in [0.25, 0.3) is 0 Å². The molecule has 0 aliphatic rings. The van der Waals surface area contributed by atoms with Crippen molar-refractivity contribution in [3.8, 4) is 0 Å². The van der Waals surface area contributed by atoms with Crippen LogP contribution in [0.25, 0.3) is 0 Å². The van der Waals surface area contributed by atoms with Gasteiger partial charge in [-0.2, -0.15) is 0 Å². The molecule has 0 saturated heterocycles. The first kappa shape index (κ1) is 15.3. The molecule has 15 heavy (non-hydrogen) atoms. The summed E-state index contributed by atoms with van der Waals surface area (Å²) in [4.78, 5) is 0. The fourth-order valence-electron chi connectivity index (χ4n) is 0.922. The van der Waals surface area contributed by atoms with Gasteiger partial charge >= 0.3 is 7.82 Å². The van der Waals surface area contributed by atoms with E-state index < -0.39 is 15.2 Å². The van der Waals surface area contributed by atoms with Gasteiger partial charge in [-0.15, -0.1) is 0 Å². The van der Waals surface area contributed by atoms with Crippen LogP contribution in [-0.4, -0.2) is 25.5 Å². The predicted octanol–water partition coefficient (Wildman–Crippen LogP) is 3.50. The molecule has 0 radical (unpaired) electrons. The van der Waals surface area contributed by atoms with E-state index in [4.69, 9.17) is 13.4 Å². The summed E-state index contributed by atoms with van der Waals surface area (Å²) in [5.74, 6) is 0. The molecule has 0 N–H and O–H groups in total.